The molecule has 1 aromatic carbocycles. The van der Waals surface area contributed by atoms with E-state index >= 15 is 0 Å². The number of thioether (sulfide) groups is 1. The first-order chi connectivity index (χ1) is 13.5. The summed E-state index contributed by atoms with van der Waals surface area (Å²) in [6.07, 6.45) is 6.20. The molecule has 0 N–H and O–H groups in total. The van der Waals surface area contributed by atoms with Crippen LogP contribution < -0.4 is 0 Å². The minimum atomic E-state index is -0.348. The van der Waals surface area contributed by atoms with Crippen molar-refractivity contribution in [2.75, 3.05) is 12.8 Å². The van der Waals surface area contributed by atoms with Gasteiger partial charge in [-0.1, -0.05) is 36.9 Å². The fourth-order valence-electron chi connectivity index (χ4n) is 3.59. The Morgan fingerprint density at radius 3 is 2.71 bits per heavy atom. The Balaban J connectivity index is 1.69. The molecule has 150 valence electrons. The smallest absolute Gasteiger partial charge is 0.233 e. The van der Waals surface area contributed by atoms with Gasteiger partial charge in [0.2, 0.25) is 5.91 Å². The molecule has 0 unspecified atom stereocenters. The van der Waals surface area contributed by atoms with Gasteiger partial charge in [-0.2, -0.15) is 0 Å². The average molecular weight is 403 g/mol. The molecule has 0 radical (unpaired) electrons. The molecule has 5 nitrogen and oxygen atoms in total. The molecule has 0 bridgehead atoms. The van der Waals surface area contributed by atoms with E-state index in [4.69, 9.17) is 0 Å². The molecular weight excluding hydrogens is 375 g/mol. The molecular formula is C21H27FN4OS. The molecule has 28 heavy (non-hydrogen) atoms. The molecule has 1 aromatic heterocycles. The molecule has 3 rings (SSSR count). The van der Waals surface area contributed by atoms with E-state index in [9.17, 15) is 9.18 Å². The lowest BCUT2D eigenvalue weighted by atomic mass is 9.87. The zero-order chi connectivity index (χ0) is 20.1. The van der Waals surface area contributed by atoms with Crippen molar-refractivity contribution in [2.24, 2.45) is 5.92 Å². The largest absolute Gasteiger partial charge is 0.342 e. The normalized spacial score (nSPS) is 19.4. The summed E-state index contributed by atoms with van der Waals surface area (Å²) in [6.45, 7) is 6.49. The van der Waals surface area contributed by atoms with E-state index in [1.165, 1.54) is 30.7 Å². The van der Waals surface area contributed by atoms with Crippen LogP contribution in [0.5, 0.6) is 0 Å². The lowest BCUT2D eigenvalue weighted by molar-refractivity contribution is -0.129. The molecule has 0 aliphatic heterocycles. The Morgan fingerprint density at radius 2 is 2.04 bits per heavy atom. The maximum atomic E-state index is 14.2. The number of aromatic nitrogens is 3. The maximum Gasteiger partial charge on any atom is 0.233 e. The number of allylic oxidation sites excluding steroid dienone is 1. The van der Waals surface area contributed by atoms with Crippen LogP contribution in [-0.2, 0) is 11.3 Å². The predicted octanol–water partition coefficient (Wildman–Crippen LogP) is 4.40. The first-order valence-electron chi connectivity index (χ1n) is 9.68. The van der Waals surface area contributed by atoms with Crippen LogP contribution in [0.25, 0.3) is 11.4 Å². The molecule has 1 heterocycles. The van der Waals surface area contributed by atoms with Gasteiger partial charge in [0.15, 0.2) is 11.0 Å². The molecule has 7 heteroatoms. The maximum absolute atomic E-state index is 14.2. The van der Waals surface area contributed by atoms with Gasteiger partial charge in [0.25, 0.3) is 0 Å². The van der Waals surface area contributed by atoms with E-state index < -0.39 is 0 Å². The lowest BCUT2D eigenvalue weighted by Crippen LogP contribution is -2.40. The van der Waals surface area contributed by atoms with Gasteiger partial charge in [-0.3, -0.25) is 9.36 Å². The van der Waals surface area contributed by atoms with Crippen molar-refractivity contribution in [3.8, 4) is 11.4 Å². The summed E-state index contributed by atoms with van der Waals surface area (Å²) >= 11 is 1.34. The molecule has 0 saturated heterocycles. The van der Waals surface area contributed by atoms with E-state index in [1.54, 1.807) is 28.8 Å². The third-order valence-electron chi connectivity index (χ3n) is 5.39. The van der Waals surface area contributed by atoms with Crippen molar-refractivity contribution in [1.29, 1.82) is 0 Å². The van der Waals surface area contributed by atoms with Crippen molar-refractivity contribution in [1.82, 2.24) is 19.7 Å². The second kappa shape index (κ2) is 9.37. The van der Waals surface area contributed by atoms with Gasteiger partial charge in [0.1, 0.15) is 5.82 Å². The van der Waals surface area contributed by atoms with Crippen molar-refractivity contribution < 1.29 is 9.18 Å². The molecule has 1 fully saturated rings. The summed E-state index contributed by atoms with van der Waals surface area (Å²) in [4.78, 5) is 14.5. The van der Waals surface area contributed by atoms with Crippen LogP contribution in [0, 0.1) is 11.7 Å². The molecule has 0 spiro atoms. The summed E-state index contributed by atoms with van der Waals surface area (Å²) in [7, 11) is 1.89. The number of nitrogens with zero attached hydrogens (tertiary/aromatic N) is 4. The van der Waals surface area contributed by atoms with E-state index in [0.717, 1.165) is 18.8 Å². The number of carbonyl (C=O) groups excluding carboxylic acids is 1. The monoisotopic (exact) mass is 402 g/mol. The zero-order valence-corrected chi connectivity index (χ0v) is 17.3. The SMILES string of the molecule is C=CCn1c(SCC(=O)N(C)C2CCC(C)CC2)nnc1-c1ccccc1F. The van der Waals surface area contributed by atoms with Crippen LogP contribution in [0.15, 0.2) is 42.1 Å². The van der Waals surface area contributed by atoms with Gasteiger partial charge in [0, 0.05) is 19.6 Å². The second-order valence-electron chi connectivity index (χ2n) is 7.39. The number of hydrogen-bond acceptors (Lipinski definition) is 4. The Labute approximate surface area is 170 Å². The van der Waals surface area contributed by atoms with Crippen LogP contribution in [0.2, 0.25) is 0 Å². The van der Waals surface area contributed by atoms with Crippen LogP contribution in [0.3, 0.4) is 0 Å². The van der Waals surface area contributed by atoms with Gasteiger partial charge < -0.3 is 4.90 Å². The van der Waals surface area contributed by atoms with E-state index in [1.807, 2.05) is 11.9 Å². The molecule has 2 aromatic rings. The highest BCUT2D eigenvalue weighted by molar-refractivity contribution is 7.99. The van der Waals surface area contributed by atoms with Gasteiger partial charge in [-0.25, -0.2) is 4.39 Å². The van der Waals surface area contributed by atoms with Crippen molar-refractivity contribution >= 4 is 17.7 Å². The van der Waals surface area contributed by atoms with Gasteiger partial charge >= 0.3 is 0 Å². The summed E-state index contributed by atoms with van der Waals surface area (Å²) in [5, 5.41) is 8.96. The summed E-state index contributed by atoms with van der Waals surface area (Å²) in [5.74, 6) is 1.23. The molecule has 0 atom stereocenters. The topological polar surface area (TPSA) is 51.0 Å². The van der Waals surface area contributed by atoms with Crippen LogP contribution in [-0.4, -0.2) is 44.4 Å². The molecule has 1 saturated carbocycles. The van der Waals surface area contributed by atoms with Crippen molar-refractivity contribution in [3.63, 3.8) is 0 Å². The number of hydrogen-bond donors (Lipinski definition) is 0. The first kappa shape index (κ1) is 20.6. The fourth-order valence-corrected chi connectivity index (χ4v) is 4.46. The number of halogens is 1. The standard InChI is InChI=1S/C21H27FN4OS/c1-4-13-26-20(17-7-5-6-8-18(17)22)23-24-21(26)28-14-19(27)25(3)16-11-9-15(2)10-12-16/h4-8,15-16H,1,9-14H2,2-3H3. The van der Waals surface area contributed by atoms with Gasteiger partial charge in [-0.15, -0.1) is 16.8 Å². The Hall–Kier alpha value is -2.15. The van der Waals surface area contributed by atoms with E-state index in [0.29, 0.717) is 29.1 Å². The highest BCUT2D eigenvalue weighted by Crippen LogP contribution is 2.28. The number of benzene rings is 1. The highest BCUT2D eigenvalue weighted by Gasteiger charge is 2.25. The fraction of sp³-hybridized carbons (Fsp3) is 0.476. The van der Waals surface area contributed by atoms with Crippen LogP contribution in [0.1, 0.15) is 32.6 Å². The highest BCUT2D eigenvalue weighted by atomic mass is 32.2. The lowest BCUT2D eigenvalue weighted by Gasteiger charge is -2.33. The number of carbonyl (C=O) groups is 1. The quantitative estimate of drug-likeness (QED) is 0.509. The Bertz CT molecular complexity index is 830. The van der Waals surface area contributed by atoms with Crippen LogP contribution in [0.4, 0.5) is 4.39 Å². The van der Waals surface area contributed by atoms with Crippen molar-refractivity contribution in [3.05, 3.63) is 42.7 Å². The van der Waals surface area contributed by atoms with Gasteiger partial charge in [0.05, 0.1) is 11.3 Å². The molecule has 1 aliphatic carbocycles. The second-order valence-corrected chi connectivity index (χ2v) is 8.33. The average Bonchev–Trinajstić information content (AvgIpc) is 3.09. The Morgan fingerprint density at radius 1 is 1.32 bits per heavy atom. The van der Waals surface area contributed by atoms with Crippen LogP contribution >= 0.6 is 11.8 Å². The minimum Gasteiger partial charge on any atom is -0.342 e. The van der Waals surface area contributed by atoms with E-state index in [-0.39, 0.29) is 17.5 Å². The zero-order valence-electron chi connectivity index (χ0n) is 16.5. The number of amides is 1. The summed E-state index contributed by atoms with van der Waals surface area (Å²) < 4.78 is 16.0. The third kappa shape index (κ3) is 4.63. The van der Waals surface area contributed by atoms with E-state index in [2.05, 4.69) is 23.7 Å². The minimum absolute atomic E-state index is 0.0881. The molecule has 1 amide bonds. The molecule has 1 aliphatic rings. The summed E-state index contributed by atoms with van der Waals surface area (Å²) in [6, 6.07) is 6.81. The van der Waals surface area contributed by atoms with Crippen molar-refractivity contribution in [2.45, 2.75) is 50.4 Å². The third-order valence-corrected chi connectivity index (χ3v) is 6.35. The summed E-state index contributed by atoms with van der Waals surface area (Å²) in [5.41, 5.74) is 0.392. The Kier molecular flexibility index (Phi) is 6.88. The number of rotatable bonds is 7. The first-order valence-corrected chi connectivity index (χ1v) is 10.7. The van der Waals surface area contributed by atoms with Gasteiger partial charge in [-0.05, 0) is 43.7 Å². The predicted molar refractivity (Wildman–Crippen MR) is 111 cm³/mol.